The quantitative estimate of drug-likeness (QED) is 0.401. The molecule has 2 aromatic carbocycles. The highest BCUT2D eigenvalue weighted by Crippen LogP contribution is 2.32. The highest BCUT2D eigenvalue weighted by atomic mass is 32.1. The van der Waals surface area contributed by atoms with Crippen LogP contribution in [0.15, 0.2) is 45.6 Å². The van der Waals surface area contributed by atoms with Crippen LogP contribution >= 0.6 is 11.3 Å². The molecule has 168 valence electrons. The van der Waals surface area contributed by atoms with Crippen LogP contribution in [0, 0.1) is 13.8 Å². The normalized spacial score (nSPS) is 11.7. The zero-order valence-electron chi connectivity index (χ0n) is 18.9. The first-order chi connectivity index (χ1) is 15.4. The first-order valence-corrected chi connectivity index (χ1v) is 11.7. The number of fused-ring (bicyclic) bond motifs is 2. The summed E-state index contributed by atoms with van der Waals surface area (Å²) in [4.78, 5) is 34.7. The molecule has 1 amide bonds. The first-order valence-electron chi connectivity index (χ1n) is 10.9. The number of aromatic nitrogens is 2. The Kier molecular flexibility index (Phi) is 6.43. The van der Waals surface area contributed by atoms with E-state index in [9.17, 15) is 9.59 Å². The molecule has 0 radical (unpaired) electrons. The third-order valence-electron chi connectivity index (χ3n) is 6.01. The van der Waals surface area contributed by atoms with Gasteiger partial charge >= 0.3 is 5.76 Å². The predicted octanol–water partition coefficient (Wildman–Crippen LogP) is 4.20. The average molecular weight is 453 g/mol. The van der Waals surface area contributed by atoms with Gasteiger partial charge in [-0.25, -0.2) is 9.78 Å². The van der Waals surface area contributed by atoms with Gasteiger partial charge in [-0.15, -0.1) is 0 Å². The van der Waals surface area contributed by atoms with E-state index in [4.69, 9.17) is 9.40 Å². The number of aryl methyl sites for hydroxylation is 2. The molecule has 7 nitrogen and oxygen atoms in total. The topological polar surface area (TPSA) is 71.6 Å². The van der Waals surface area contributed by atoms with Gasteiger partial charge in [-0.2, -0.15) is 0 Å². The van der Waals surface area contributed by atoms with Gasteiger partial charge < -0.3 is 9.32 Å². The molecule has 2 heterocycles. The van der Waals surface area contributed by atoms with Gasteiger partial charge in [-0.1, -0.05) is 43.4 Å². The van der Waals surface area contributed by atoms with Crippen LogP contribution in [0.4, 0.5) is 5.13 Å². The highest BCUT2D eigenvalue weighted by molar-refractivity contribution is 7.22. The molecule has 32 heavy (non-hydrogen) atoms. The van der Waals surface area contributed by atoms with E-state index in [1.54, 1.807) is 23.1 Å². The summed E-state index contributed by atoms with van der Waals surface area (Å²) in [6.07, 6.45) is 0. The number of oxazole rings is 1. The SMILES string of the molecule is CCN(CC)CCN(C(=O)Cn1c(=O)oc2ccccc21)c1nc2c(C)c(C)ccc2s1. The Hall–Kier alpha value is -2.97. The Morgan fingerprint density at radius 3 is 2.59 bits per heavy atom. The summed E-state index contributed by atoms with van der Waals surface area (Å²) in [5, 5.41) is 0.659. The number of thiazole rings is 1. The van der Waals surface area contributed by atoms with E-state index >= 15 is 0 Å². The van der Waals surface area contributed by atoms with Crippen molar-refractivity contribution in [3.8, 4) is 0 Å². The molecule has 0 saturated carbocycles. The zero-order valence-corrected chi connectivity index (χ0v) is 19.7. The summed E-state index contributed by atoms with van der Waals surface area (Å²) in [6, 6.07) is 11.3. The van der Waals surface area contributed by atoms with Crippen LogP contribution in [0.5, 0.6) is 0 Å². The van der Waals surface area contributed by atoms with Gasteiger partial charge in [0.2, 0.25) is 5.91 Å². The number of carbonyl (C=O) groups is 1. The Labute approximate surface area is 190 Å². The second kappa shape index (κ2) is 9.26. The van der Waals surface area contributed by atoms with Crippen molar-refractivity contribution >= 4 is 43.7 Å². The van der Waals surface area contributed by atoms with E-state index in [0.717, 1.165) is 35.4 Å². The molecule has 0 aliphatic carbocycles. The number of hydrogen-bond donors (Lipinski definition) is 0. The second-order valence-electron chi connectivity index (χ2n) is 7.84. The van der Waals surface area contributed by atoms with Gasteiger partial charge in [0.1, 0.15) is 6.54 Å². The van der Waals surface area contributed by atoms with Crippen molar-refractivity contribution in [2.24, 2.45) is 0 Å². The van der Waals surface area contributed by atoms with Gasteiger partial charge in [0.25, 0.3) is 0 Å². The Balaban J connectivity index is 1.70. The van der Waals surface area contributed by atoms with Crippen LogP contribution < -0.4 is 10.7 Å². The van der Waals surface area contributed by atoms with E-state index in [-0.39, 0.29) is 12.5 Å². The number of hydrogen-bond acceptors (Lipinski definition) is 6. The smallest absolute Gasteiger partial charge is 0.408 e. The van der Waals surface area contributed by atoms with E-state index in [0.29, 0.717) is 22.8 Å². The van der Waals surface area contributed by atoms with Gasteiger partial charge in [0, 0.05) is 13.1 Å². The van der Waals surface area contributed by atoms with Crippen LogP contribution in [-0.2, 0) is 11.3 Å². The minimum atomic E-state index is -0.529. The van der Waals surface area contributed by atoms with E-state index < -0.39 is 5.76 Å². The zero-order chi connectivity index (χ0) is 22.8. The summed E-state index contributed by atoms with van der Waals surface area (Å²) in [5.74, 6) is -0.710. The highest BCUT2D eigenvalue weighted by Gasteiger charge is 2.23. The van der Waals surface area contributed by atoms with Crippen molar-refractivity contribution in [3.63, 3.8) is 0 Å². The molecule has 0 unspecified atom stereocenters. The van der Waals surface area contributed by atoms with Crippen molar-refractivity contribution < 1.29 is 9.21 Å². The Morgan fingerprint density at radius 2 is 1.84 bits per heavy atom. The number of amides is 1. The van der Waals surface area contributed by atoms with Crippen molar-refractivity contribution in [3.05, 3.63) is 58.1 Å². The van der Waals surface area contributed by atoms with Gasteiger partial charge in [0.05, 0.1) is 15.7 Å². The molecular weight excluding hydrogens is 424 g/mol. The first kappa shape index (κ1) is 22.2. The number of rotatable bonds is 8. The molecule has 0 aliphatic rings. The maximum absolute atomic E-state index is 13.5. The van der Waals surface area contributed by atoms with Crippen molar-refractivity contribution in [1.29, 1.82) is 0 Å². The number of anilines is 1. The summed E-state index contributed by atoms with van der Waals surface area (Å²) in [6.45, 7) is 11.3. The van der Waals surface area contributed by atoms with Crippen LogP contribution in [0.3, 0.4) is 0 Å². The van der Waals surface area contributed by atoms with Crippen LogP contribution in [0.2, 0.25) is 0 Å². The summed E-state index contributed by atoms with van der Waals surface area (Å²) in [7, 11) is 0. The fraction of sp³-hybridized carbons (Fsp3) is 0.375. The molecule has 4 rings (SSSR count). The van der Waals surface area contributed by atoms with Crippen molar-refractivity contribution in [2.45, 2.75) is 34.2 Å². The van der Waals surface area contributed by atoms with E-state index in [2.05, 4.69) is 44.7 Å². The molecule has 2 aromatic heterocycles. The molecule has 0 N–H and O–H groups in total. The summed E-state index contributed by atoms with van der Waals surface area (Å²) >= 11 is 1.51. The predicted molar refractivity (Wildman–Crippen MR) is 130 cm³/mol. The average Bonchev–Trinajstić information content (AvgIpc) is 3.35. The van der Waals surface area contributed by atoms with Crippen molar-refractivity contribution in [2.75, 3.05) is 31.1 Å². The minimum Gasteiger partial charge on any atom is -0.408 e. The minimum absolute atomic E-state index is 0.0952. The molecule has 0 fully saturated rings. The molecule has 0 bridgehead atoms. The second-order valence-corrected chi connectivity index (χ2v) is 8.85. The number of carbonyl (C=O) groups excluding carboxylic acids is 1. The van der Waals surface area contributed by atoms with Crippen LogP contribution in [0.1, 0.15) is 25.0 Å². The third-order valence-corrected chi connectivity index (χ3v) is 7.05. The molecule has 0 saturated heterocycles. The molecular formula is C24H28N4O3S. The number of para-hydroxylation sites is 2. The van der Waals surface area contributed by atoms with Gasteiger partial charge in [-0.05, 0) is 56.3 Å². The monoisotopic (exact) mass is 452 g/mol. The molecule has 0 atom stereocenters. The van der Waals surface area contributed by atoms with E-state index in [1.807, 2.05) is 6.07 Å². The van der Waals surface area contributed by atoms with Crippen molar-refractivity contribution in [1.82, 2.24) is 14.5 Å². The third kappa shape index (κ3) is 4.20. The van der Waals surface area contributed by atoms with Crippen LogP contribution in [0.25, 0.3) is 21.3 Å². The molecule has 4 aromatic rings. The lowest BCUT2D eigenvalue weighted by molar-refractivity contribution is -0.119. The summed E-state index contributed by atoms with van der Waals surface area (Å²) < 4.78 is 7.75. The van der Waals surface area contributed by atoms with E-state index in [1.165, 1.54) is 21.5 Å². The lowest BCUT2D eigenvalue weighted by Gasteiger charge is -2.24. The largest absolute Gasteiger partial charge is 0.420 e. The Bertz CT molecular complexity index is 1320. The molecule has 8 heteroatoms. The number of benzene rings is 2. The number of nitrogens with zero attached hydrogens (tertiary/aromatic N) is 4. The lowest BCUT2D eigenvalue weighted by atomic mass is 10.1. The molecule has 0 spiro atoms. The fourth-order valence-corrected chi connectivity index (χ4v) is 4.89. The van der Waals surface area contributed by atoms with Crippen LogP contribution in [-0.4, -0.2) is 46.5 Å². The van der Waals surface area contributed by atoms with Gasteiger partial charge in [0.15, 0.2) is 10.7 Å². The standard InChI is InChI=1S/C24H28N4O3S/c1-5-26(6-2)13-14-27(23-25-22-17(4)16(3)11-12-20(22)32-23)21(29)15-28-18-9-7-8-10-19(18)31-24(28)30/h7-12H,5-6,13-15H2,1-4H3. The molecule has 0 aliphatic heterocycles. The number of likely N-dealkylation sites (N-methyl/N-ethyl adjacent to an activating group) is 1. The summed E-state index contributed by atoms with van der Waals surface area (Å²) in [5.41, 5.74) is 4.32. The maximum atomic E-state index is 13.5. The Morgan fingerprint density at radius 1 is 1.09 bits per heavy atom. The lowest BCUT2D eigenvalue weighted by Crippen LogP contribution is -2.41. The van der Waals surface area contributed by atoms with Gasteiger partial charge in [-0.3, -0.25) is 14.3 Å². The fourth-order valence-electron chi connectivity index (χ4n) is 3.82. The maximum Gasteiger partial charge on any atom is 0.420 e.